The fourth-order valence-electron chi connectivity index (χ4n) is 2.14. The van der Waals surface area contributed by atoms with Crippen LogP contribution in [-0.2, 0) is 11.2 Å². The molecule has 1 aromatic rings. The first-order valence-corrected chi connectivity index (χ1v) is 7.18. The van der Waals surface area contributed by atoms with Gasteiger partial charge in [-0.3, -0.25) is 4.79 Å². The summed E-state index contributed by atoms with van der Waals surface area (Å²) < 4.78 is 0. The summed E-state index contributed by atoms with van der Waals surface area (Å²) in [7, 11) is 0. The van der Waals surface area contributed by atoms with Crippen LogP contribution in [0.25, 0.3) is 0 Å². The number of amides is 1. The summed E-state index contributed by atoms with van der Waals surface area (Å²) in [6, 6.07) is 10.0. The molecule has 1 amide bonds. The molecule has 3 heteroatoms. The first-order chi connectivity index (χ1) is 8.66. The van der Waals surface area contributed by atoms with Crippen LogP contribution in [0.2, 0.25) is 0 Å². The van der Waals surface area contributed by atoms with E-state index in [1.54, 1.807) is 0 Å². The molecular weight excluding hydrogens is 242 g/mol. The SMILES string of the molecule is CC(CNC(=O)C(S)Cc1ccccc1)C1CC1. The van der Waals surface area contributed by atoms with Crippen LogP contribution in [0.15, 0.2) is 30.3 Å². The van der Waals surface area contributed by atoms with Crippen molar-refractivity contribution in [3.8, 4) is 0 Å². The van der Waals surface area contributed by atoms with Crippen LogP contribution in [0.1, 0.15) is 25.3 Å². The summed E-state index contributed by atoms with van der Waals surface area (Å²) >= 11 is 4.39. The zero-order valence-corrected chi connectivity index (χ0v) is 11.7. The van der Waals surface area contributed by atoms with Crippen LogP contribution in [-0.4, -0.2) is 17.7 Å². The van der Waals surface area contributed by atoms with E-state index in [1.807, 2.05) is 30.3 Å². The van der Waals surface area contributed by atoms with Crippen molar-refractivity contribution in [3.05, 3.63) is 35.9 Å². The van der Waals surface area contributed by atoms with E-state index in [1.165, 1.54) is 12.8 Å². The number of nitrogens with one attached hydrogen (secondary N) is 1. The fourth-order valence-corrected chi connectivity index (χ4v) is 2.44. The van der Waals surface area contributed by atoms with E-state index in [2.05, 4.69) is 24.9 Å². The third-order valence-electron chi connectivity index (χ3n) is 3.60. The van der Waals surface area contributed by atoms with Gasteiger partial charge in [0.2, 0.25) is 5.91 Å². The van der Waals surface area contributed by atoms with Gasteiger partial charge >= 0.3 is 0 Å². The monoisotopic (exact) mass is 263 g/mol. The molecule has 98 valence electrons. The Hall–Kier alpha value is -0.960. The standard InChI is InChI=1S/C15H21NOS/c1-11(13-7-8-13)10-16-15(17)14(18)9-12-5-3-2-4-6-12/h2-6,11,13-14,18H,7-10H2,1H3,(H,16,17). The summed E-state index contributed by atoms with van der Waals surface area (Å²) in [5.74, 6) is 1.48. The lowest BCUT2D eigenvalue weighted by molar-refractivity contribution is -0.120. The van der Waals surface area contributed by atoms with Crippen LogP contribution in [0, 0.1) is 11.8 Å². The molecule has 2 rings (SSSR count). The highest BCUT2D eigenvalue weighted by Gasteiger charge is 2.28. The maximum Gasteiger partial charge on any atom is 0.233 e. The third-order valence-corrected chi connectivity index (χ3v) is 4.02. The summed E-state index contributed by atoms with van der Waals surface area (Å²) in [6.45, 7) is 3.00. The minimum Gasteiger partial charge on any atom is -0.355 e. The Morgan fingerprint density at radius 2 is 2.06 bits per heavy atom. The molecule has 0 radical (unpaired) electrons. The van der Waals surface area contributed by atoms with Crippen molar-refractivity contribution < 1.29 is 4.79 Å². The molecule has 1 fully saturated rings. The summed E-state index contributed by atoms with van der Waals surface area (Å²) in [5, 5.41) is 2.76. The molecule has 2 atom stereocenters. The van der Waals surface area contributed by atoms with E-state index in [9.17, 15) is 4.79 Å². The van der Waals surface area contributed by atoms with E-state index < -0.39 is 0 Å². The van der Waals surface area contributed by atoms with Gasteiger partial charge < -0.3 is 5.32 Å². The predicted octanol–water partition coefficient (Wildman–Crippen LogP) is 2.69. The van der Waals surface area contributed by atoms with Crippen molar-refractivity contribution in [2.45, 2.75) is 31.4 Å². The zero-order valence-electron chi connectivity index (χ0n) is 10.8. The number of hydrogen-bond donors (Lipinski definition) is 2. The van der Waals surface area contributed by atoms with E-state index in [4.69, 9.17) is 0 Å². The van der Waals surface area contributed by atoms with Crippen LogP contribution < -0.4 is 5.32 Å². The summed E-state index contributed by atoms with van der Waals surface area (Å²) in [5.41, 5.74) is 1.16. The molecule has 1 saturated carbocycles. The molecular formula is C15H21NOS. The molecule has 1 N–H and O–H groups in total. The highest BCUT2D eigenvalue weighted by molar-refractivity contribution is 7.81. The van der Waals surface area contributed by atoms with Gasteiger partial charge in [0, 0.05) is 6.54 Å². The van der Waals surface area contributed by atoms with Crippen molar-refractivity contribution in [1.29, 1.82) is 0 Å². The second kappa shape index (κ2) is 6.28. The average Bonchev–Trinajstić information content (AvgIpc) is 3.21. The van der Waals surface area contributed by atoms with Gasteiger partial charge in [-0.15, -0.1) is 0 Å². The zero-order chi connectivity index (χ0) is 13.0. The Morgan fingerprint density at radius 1 is 1.39 bits per heavy atom. The second-order valence-electron chi connectivity index (χ2n) is 5.27. The fraction of sp³-hybridized carbons (Fsp3) is 0.533. The Labute approximate surface area is 115 Å². The quantitative estimate of drug-likeness (QED) is 0.759. The summed E-state index contributed by atoms with van der Waals surface area (Å²) in [6.07, 6.45) is 3.34. The largest absolute Gasteiger partial charge is 0.355 e. The normalized spacial score (nSPS) is 18.1. The van der Waals surface area contributed by atoms with Crippen LogP contribution in [0.5, 0.6) is 0 Å². The van der Waals surface area contributed by atoms with Crippen molar-refractivity contribution >= 4 is 18.5 Å². The number of thiol groups is 1. The van der Waals surface area contributed by atoms with Crippen LogP contribution in [0.3, 0.4) is 0 Å². The molecule has 2 nitrogen and oxygen atoms in total. The molecule has 18 heavy (non-hydrogen) atoms. The van der Waals surface area contributed by atoms with Crippen molar-refractivity contribution in [3.63, 3.8) is 0 Å². The lowest BCUT2D eigenvalue weighted by Gasteiger charge is -2.15. The first kappa shape index (κ1) is 13.5. The highest BCUT2D eigenvalue weighted by atomic mass is 32.1. The maximum atomic E-state index is 11.9. The lowest BCUT2D eigenvalue weighted by atomic mass is 10.1. The molecule has 0 saturated heterocycles. The molecule has 0 bridgehead atoms. The van der Waals surface area contributed by atoms with Gasteiger partial charge in [0.15, 0.2) is 0 Å². The maximum absolute atomic E-state index is 11.9. The number of rotatable bonds is 6. The van der Waals surface area contributed by atoms with Crippen molar-refractivity contribution in [2.24, 2.45) is 11.8 Å². The van der Waals surface area contributed by atoms with Gasteiger partial charge in [-0.1, -0.05) is 37.3 Å². The Bertz CT molecular complexity index is 389. The predicted molar refractivity (Wildman–Crippen MR) is 77.8 cm³/mol. The highest BCUT2D eigenvalue weighted by Crippen LogP contribution is 2.36. The number of carbonyl (C=O) groups excluding carboxylic acids is 1. The number of hydrogen-bond acceptors (Lipinski definition) is 2. The van der Waals surface area contributed by atoms with E-state index in [-0.39, 0.29) is 11.2 Å². The Kier molecular flexibility index (Phi) is 4.70. The van der Waals surface area contributed by atoms with Gasteiger partial charge in [-0.05, 0) is 36.7 Å². The van der Waals surface area contributed by atoms with Crippen LogP contribution in [0.4, 0.5) is 0 Å². The number of carbonyl (C=O) groups is 1. The molecule has 0 aromatic heterocycles. The van der Waals surface area contributed by atoms with Crippen LogP contribution >= 0.6 is 12.6 Å². The minimum atomic E-state index is -0.251. The van der Waals surface area contributed by atoms with Gasteiger partial charge in [0.1, 0.15) is 0 Å². The molecule has 1 aliphatic carbocycles. The molecule has 0 heterocycles. The molecule has 0 aliphatic heterocycles. The minimum absolute atomic E-state index is 0.0506. The lowest BCUT2D eigenvalue weighted by Crippen LogP contribution is -2.35. The van der Waals surface area contributed by atoms with Crippen molar-refractivity contribution in [1.82, 2.24) is 5.32 Å². The Morgan fingerprint density at radius 3 is 2.67 bits per heavy atom. The van der Waals surface area contributed by atoms with Crippen molar-refractivity contribution in [2.75, 3.05) is 6.54 Å². The molecule has 0 spiro atoms. The topological polar surface area (TPSA) is 29.1 Å². The number of benzene rings is 1. The van der Waals surface area contributed by atoms with Gasteiger partial charge in [-0.25, -0.2) is 0 Å². The van der Waals surface area contributed by atoms with E-state index >= 15 is 0 Å². The average molecular weight is 263 g/mol. The van der Waals surface area contributed by atoms with E-state index in [0.717, 1.165) is 18.0 Å². The molecule has 1 aromatic carbocycles. The smallest absolute Gasteiger partial charge is 0.233 e. The molecule has 1 aliphatic rings. The van der Waals surface area contributed by atoms with E-state index in [0.29, 0.717) is 12.3 Å². The second-order valence-corrected chi connectivity index (χ2v) is 5.89. The van der Waals surface area contributed by atoms with Gasteiger partial charge in [0.25, 0.3) is 0 Å². The third kappa shape index (κ3) is 4.05. The molecule has 2 unspecified atom stereocenters. The van der Waals surface area contributed by atoms with Gasteiger partial charge in [-0.2, -0.15) is 12.6 Å². The first-order valence-electron chi connectivity index (χ1n) is 6.66. The van der Waals surface area contributed by atoms with Gasteiger partial charge in [0.05, 0.1) is 5.25 Å². The summed E-state index contributed by atoms with van der Waals surface area (Å²) in [4.78, 5) is 11.9. The Balaban J connectivity index is 1.74.